The van der Waals surface area contributed by atoms with Crippen molar-refractivity contribution in [1.82, 2.24) is 5.32 Å². The zero-order valence-corrected chi connectivity index (χ0v) is 15.1. The van der Waals surface area contributed by atoms with Crippen LogP contribution >= 0.6 is 11.6 Å². The van der Waals surface area contributed by atoms with Gasteiger partial charge >= 0.3 is 0 Å². The minimum absolute atomic E-state index is 0.167. The first-order chi connectivity index (χ1) is 12.6. The minimum Gasteiger partial charge on any atom is -0.449 e. The number of benzene rings is 2. The predicted octanol–water partition coefficient (Wildman–Crippen LogP) is 4.24. The summed E-state index contributed by atoms with van der Waals surface area (Å²) in [5.41, 5.74) is 1.71. The molecular formula is C20H19ClN2O3. The normalized spacial score (nSPS) is 14.4. The van der Waals surface area contributed by atoms with Crippen LogP contribution in [0.25, 0.3) is 6.08 Å². The number of ether oxygens (including phenoxy) is 1. The van der Waals surface area contributed by atoms with Crippen LogP contribution in [0.2, 0.25) is 5.02 Å². The molecule has 134 valence electrons. The van der Waals surface area contributed by atoms with Crippen molar-refractivity contribution in [2.24, 2.45) is 0 Å². The maximum absolute atomic E-state index is 12.3. The Hall–Kier alpha value is -2.79. The van der Waals surface area contributed by atoms with Gasteiger partial charge in [0.05, 0.1) is 5.69 Å². The predicted molar refractivity (Wildman–Crippen MR) is 102 cm³/mol. The van der Waals surface area contributed by atoms with Gasteiger partial charge < -0.3 is 15.4 Å². The van der Waals surface area contributed by atoms with Gasteiger partial charge in [0.1, 0.15) is 0 Å². The average molecular weight is 371 g/mol. The maximum Gasteiger partial charge on any atom is 0.291 e. The molecule has 1 aliphatic rings. The van der Waals surface area contributed by atoms with E-state index in [1.54, 1.807) is 42.5 Å². The van der Waals surface area contributed by atoms with Gasteiger partial charge in [-0.15, -0.1) is 0 Å². The Bertz CT molecular complexity index is 877. The van der Waals surface area contributed by atoms with E-state index >= 15 is 0 Å². The van der Waals surface area contributed by atoms with E-state index in [9.17, 15) is 9.59 Å². The first-order valence-electron chi connectivity index (χ1n) is 8.45. The topological polar surface area (TPSA) is 67.4 Å². The molecule has 2 aromatic carbocycles. The van der Waals surface area contributed by atoms with Crippen molar-refractivity contribution in [3.8, 4) is 5.75 Å². The molecule has 2 N–H and O–H groups in total. The van der Waals surface area contributed by atoms with Crippen LogP contribution < -0.4 is 15.4 Å². The van der Waals surface area contributed by atoms with Crippen LogP contribution in [0.5, 0.6) is 5.75 Å². The highest BCUT2D eigenvalue weighted by Gasteiger charge is 2.23. The number of unbranched alkanes of at least 4 members (excludes halogenated alkanes) is 1. The monoisotopic (exact) mass is 370 g/mol. The van der Waals surface area contributed by atoms with E-state index in [1.807, 2.05) is 6.07 Å². The summed E-state index contributed by atoms with van der Waals surface area (Å²) < 4.78 is 5.70. The Morgan fingerprint density at radius 2 is 2.12 bits per heavy atom. The molecule has 3 rings (SSSR count). The van der Waals surface area contributed by atoms with Crippen LogP contribution in [0.15, 0.2) is 48.2 Å². The van der Waals surface area contributed by atoms with Crippen LogP contribution in [-0.2, 0) is 4.79 Å². The molecule has 5 nitrogen and oxygen atoms in total. The number of anilines is 1. The second-order valence-electron chi connectivity index (χ2n) is 5.94. The van der Waals surface area contributed by atoms with Crippen molar-refractivity contribution in [1.29, 1.82) is 0 Å². The van der Waals surface area contributed by atoms with Gasteiger partial charge in [-0.1, -0.05) is 37.1 Å². The molecule has 0 saturated carbocycles. The smallest absolute Gasteiger partial charge is 0.291 e. The standard InChI is InChI=1S/C20H19ClN2O3/c1-2-3-9-22-19(24)14-7-8-17-16(12-14)23-20(25)18(26-17)11-13-5-4-6-15(21)10-13/h4-8,10-12H,2-3,9H2,1H3,(H,22,24)(H,23,25)/b18-11-. The van der Waals surface area contributed by atoms with E-state index in [0.717, 1.165) is 18.4 Å². The number of hydrogen-bond donors (Lipinski definition) is 2. The van der Waals surface area contributed by atoms with Crippen LogP contribution in [0.4, 0.5) is 5.69 Å². The molecule has 0 saturated heterocycles. The fourth-order valence-corrected chi connectivity index (χ4v) is 2.73. The Kier molecular flexibility index (Phi) is 5.58. The number of nitrogens with one attached hydrogen (secondary N) is 2. The molecule has 0 aromatic heterocycles. The highest BCUT2D eigenvalue weighted by molar-refractivity contribution is 6.30. The SMILES string of the molecule is CCCCNC(=O)c1ccc2c(c1)NC(=O)/C(=C/c1cccc(Cl)c1)O2. The first-order valence-corrected chi connectivity index (χ1v) is 8.83. The molecule has 0 bridgehead atoms. The van der Waals surface area contributed by atoms with Gasteiger partial charge in [-0.05, 0) is 48.4 Å². The number of carbonyl (C=O) groups excluding carboxylic acids is 2. The molecule has 0 unspecified atom stereocenters. The van der Waals surface area contributed by atoms with Crippen molar-refractivity contribution >= 4 is 35.2 Å². The Morgan fingerprint density at radius 1 is 1.27 bits per heavy atom. The Labute approximate surface area is 157 Å². The molecule has 0 aliphatic carbocycles. The largest absolute Gasteiger partial charge is 0.449 e. The molecule has 0 radical (unpaired) electrons. The highest BCUT2D eigenvalue weighted by atomic mass is 35.5. The summed E-state index contributed by atoms with van der Waals surface area (Å²) in [4.78, 5) is 24.4. The van der Waals surface area contributed by atoms with Crippen molar-refractivity contribution < 1.29 is 14.3 Å². The second-order valence-corrected chi connectivity index (χ2v) is 6.38. The third-order valence-electron chi connectivity index (χ3n) is 3.90. The lowest BCUT2D eigenvalue weighted by Crippen LogP contribution is -2.26. The summed E-state index contributed by atoms with van der Waals surface area (Å²) >= 11 is 5.96. The van der Waals surface area contributed by atoms with Gasteiger partial charge in [-0.25, -0.2) is 0 Å². The average Bonchev–Trinajstić information content (AvgIpc) is 2.62. The van der Waals surface area contributed by atoms with Gasteiger partial charge in [0.15, 0.2) is 11.5 Å². The summed E-state index contributed by atoms with van der Waals surface area (Å²) in [6.07, 6.45) is 3.56. The molecule has 0 fully saturated rings. The number of carbonyl (C=O) groups is 2. The highest BCUT2D eigenvalue weighted by Crippen LogP contribution is 2.32. The number of amides is 2. The third-order valence-corrected chi connectivity index (χ3v) is 4.13. The van der Waals surface area contributed by atoms with Crippen molar-refractivity contribution in [2.75, 3.05) is 11.9 Å². The fraction of sp³-hybridized carbons (Fsp3) is 0.200. The lowest BCUT2D eigenvalue weighted by atomic mass is 10.1. The van der Waals surface area contributed by atoms with E-state index in [4.69, 9.17) is 16.3 Å². The molecule has 0 spiro atoms. The van der Waals surface area contributed by atoms with Gasteiger partial charge in [-0.2, -0.15) is 0 Å². The molecule has 6 heteroatoms. The van der Waals surface area contributed by atoms with E-state index in [-0.39, 0.29) is 17.6 Å². The summed E-state index contributed by atoms with van der Waals surface area (Å²) in [5.74, 6) is 0.111. The van der Waals surface area contributed by atoms with Crippen LogP contribution in [0, 0.1) is 0 Å². The molecule has 26 heavy (non-hydrogen) atoms. The third kappa shape index (κ3) is 4.24. The number of hydrogen-bond acceptors (Lipinski definition) is 3. The van der Waals surface area contributed by atoms with Crippen LogP contribution in [-0.4, -0.2) is 18.4 Å². The van der Waals surface area contributed by atoms with E-state index in [2.05, 4.69) is 17.6 Å². The van der Waals surface area contributed by atoms with E-state index in [0.29, 0.717) is 28.6 Å². The molecule has 1 aliphatic heterocycles. The summed E-state index contributed by atoms with van der Waals surface area (Å²) in [6, 6.07) is 12.1. The summed E-state index contributed by atoms with van der Waals surface area (Å²) in [6.45, 7) is 2.69. The Morgan fingerprint density at radius 3 is 2.88 bits per heavy atom. The van der Waals surface area contributed by atoms with Crippen LogP contribution in [0.1, 0.15) is 35.7 Å². The zero-order chi connectivity index (χ0) is 18.5. The fourth-order valence-electron chi connectivity index (χ4n) is 2.53. The molecule has 0 atom stereocenters. The summed E-state index contributed by atoms with van der Waals surface area (Å²) in [7, 11) is 0. The number of fused-ring (bicyclic) bond motifs is 1. The summed E-state index contributed by atoms with van der Waals surface area (Å²) in [5, 5.41) is 6.19. The zero-order valence-electron chi connectivity index (χ0n) is 14.3. The van der Waals surface area contributed by atoms with E-state index in [1.165, 1.54) is 0 Å². The minimum atomic E-state index is -0.374. The van der Waals surface area contributed by atoms with Gasteiger partial charge in [0.25, 0.3) is 11.8 Å². The number of halogens is 1. The van der Waals surface area contributed by atoms with Gasteiger partial charge in [-0.3, -0.25) is 9.59 Å². The van der Waals surface area contributed by atoms with Crippen molar-refractivity contribution in [2.45, 2.75) is 19.8 Å². The van der Waals surface area contributed by atoms with Crippen molar-refractivity contribution in [3.05, 3.63) is 64.4 Å². The first kappa shape index (κ1) is 18.0. The maximum atomic E-state index is 12.3. The quantitative estimate of drug-likeness (QED) is 0.611. The lowest BCUT2D eigenvalue weighted by Gasteiger charge is -2.20. The van der Waals surface area contributed by atoms with Crippen molar-refractivity contribution in [3.63, 3.8) is 0 Å². The van der Waals surface area contributed by atoms with E-state index < -0.39 is 0 Å². The Balaban J connectivity index is 1.78. The lowest BCUT2D eigenvalue weighted by molar-refractivity contribution is -0.115. The van der Waals surface area contributed by atoms with Gasteiger partial charge in [0.2, 0.25) is 0 Å². The number of rotatable bonds is 5. The second kappa shape index (κ2) is 8.06. The molecule has 2 aromatic rings. The van der Waals surface area contributed by atoms with Crippen LogP contribution in [0.3, 0.4) is 0 Å². The molecule has 2 amide bonds. The van der Waals surface area contributed by atoms with Gasteiger partial charge in [0, 0.05) is 17.1 Å². The molecule has 1 heterocycles. The molecular weight excluding hydrogens is 352 g/mol.